The third-order valence-electron chi connectivity index (χ3n) is 3.56. The number of thioether (sulfide) groups is 1. The van der Waals surface area contributed by atoms with Gasteiger partial charge in [-0.05, 0) is 36.3 Å². The van der Waals surface area contributed by atoms with E-state index in [4.69, 9.17) is 17.0 Å². The largest absolute Gasteiger partial charge is 0.378 e. The predicted octanol–water partition coefficient (Wildman–Crippen LogP) is 2.32. The third-order valence-corrected chi connectivity index (χ3v) is 4.72. The van der Waals surface area contributed by atoms with Crippen LogP contribution in [0, 0.1) is 6.92 Å². The van der Waals surface area contributed by atoms with Crippen molar-refractivity contribution in [2.75, 3.05) is 31.2 Å². The molecule has 6 heteroatoms. The number of amides is 1. The molecule has 3 rings (SSSR count). The lowest BCUT2D eigenvalue weighted by Gasteiger charge is -2.29. The molecule has 21 heavy (non-hydrogen) atoms. The summed E-state index contributed by atoms with van der Waals surface area (Å²) in [6, 6.07) is 6.32. The van der Waals surface area contributed by atoms with Gasteiger partial charge in [0.05, 0.1) is 18.1 Å². The van der Waals surface area contributed by atoms with Crippen LogP contribution in [0.3, 0.4) is 0 Å². The number of hydrogen-bond acceptors (Lipinski definition) is 5. The minimum absolute atomic E-state index is 0.110. The van der Waals surface area contributed by atoms with E-state index < -0.39 is 0 Å². The number of carbonyl (C=O) groups excluding carboxylic acids is 1. The van der Waals surface area contributed by atoms with Gasteiger partial charge in [0.2, 0.25) is 0 Å². The summed E-state index contributed by atoms with van der Waals surface area (Å²) in [6.07, 6.45) is 1.90. The van der Waals surface area contributed by atoms with E-state index in [1.165, 1.54) is 17.4 Å². The van der Waals surface area contributed by atoms with E-state index >= 15 is 0 Å². The molecule has 0 aliphatic carbocycles. The first-order valence-electron chi connectivity index (χ1n) is 6.82. The second-order valence-corrected chi connectivity index (χ2v) is 6.71. The van der Waals surface area contributed by atoms with Gasteiger partial charge in [-0.2, -0.15) is 0 Å². The molecule has 2 fully saturated rings. The van der Waals surface area contributed by atoms with Crippen LogP contribution in [0.1, 0.15) is 11.1 Å². The lowest BCUT2D eigenvalue weighted by atomic mass is 10.1. The summed E-state index contributed by atoms with van der Waals surface area (Å²) < 4.78 is 5.90. The zero-order chi connectivity index (χ0) is 14.8. The van der Waals surface area contributed by atoms with E-state index in [1.807, 2.05) is 6.08 Å². The summed E-state index contributed by atoms with van der Waals surface area (Å²) in [7, 11) is 0. The minimum atomic E-state index is -0.110. The van der Waals surface area contributed by atoms with Crippen molar-refractivity contribution in [2.45, 2.75) is 6.92 Å². The molecule has 4 nitrogen and oxygen atoms in total. The number of thiocarbonyl (C=S) groups is 1. The molecule has 1 amide bonds. The van der Waals surface area contributed by atoms with Crippen molar-refractivity contribution in [1.29, 1.82) is 0 Å². The average Bonchev–Trinajstić information content (AvgIpc) is 2.80. The Labute approximate surface area is 133 Å². The lowest BCUT2D eigenvalue weighted by molar-refractivity contribution is -0.115. The summed E-state index contributed by atoms with van der Waals surface area (Å²) in [5.74, 6) is -0.110. The first-order valence-corrected chi connectivity index (χ1v) is 8.04. The standard InChI is InChI=1S/C15H16N2O2S2/c1-10-8-12(17-4-6-19-7-5-17)3-2-11(10)9-13-14(18)16-15(20)21-13/h2-3,8-9H,4-7H2,1H3,(H,16,18,20)/b13-9-. The fraction of sp³-hybridized carbons (Fsp3) is 0.333. The van der Waals surface area contributed by atoms with Crippen LogP contribution in [0.4, 0.5) is 5.69 Å². The number of nitrogens with zero attached hydrogens (tertiary/aromatic N) is 1. The van der Waals surface area contributed by atoms with Crippen molar-refractivity contribution >= 4 is 46.0 Å². The number of carbonyl (C=O) groups is 1. The maximum Gasteiger partial charge on any atom is 0.263 e. The molecular formula is C15H16N2O2S2. The fourth-order valence-corrected chi connectivity index (χ4v) is 3.44. The van der Waals surface area contributed by atoms with Gasteiger partial charge in [0.1, 0.15) is 4.32 Å². The van der Waals surface area contributed by atoms with Gasteiger partial charge in [-0.25, -0.2) is 0 Å². The Morgan fingerprint density at radius 3 is 2.76 bits per heavy atom. The van der Waals surface area contributed by atoms with Gasteiger partial charge in [0, 0.05) is 18.8 Å². The van der Waals surface area contributed by atoms with Crippen molar-refractivity contribution in [1.82, 2.24) is 5.32 Å². The Hall–Kier alpha value is -1.37. The van der Waals surface area contributed by atoms with Gasteiger partial charge in [0.15, 0.2) is 0 Å². The molecule has 0 bridgehead atoms. The van der Waals surface area contributed by atoms with Gasteiger partial charge in [-0.3, -0.25) is 4.79 Å². The summed E-state index contributed by atoms with van der Waals surface area (Å²) in [5, 5.41) is 2.63. The Balaban J connectivity index is 1.83. The Kier molecular flexibility index (Phi) is 4.28. The predicted molar refractivity (Wildman–Crippen MR) is 90.5 cm³/mol. The Morgan fingerprint density at radius 1 is 1.38 bits per heavy atom. The topological polar surface area (TPSA) is 41.6 Å². The first-order chi connectivity index (χ1) is 10.1. The zero-order valence-electron chi connectivity index (χ0n) is 11.7. The van der Waals surface area contributed by atoms with E-state index in [9.17, 15) is 4.79 Å². The van der Waals surface area contributed by atoms with Crippen LogP contribution < -0.4 is 10.2 Å². The molecule has 0 saturated carbocycles. The molecule has 1 N–H and O–H groups in total. The average molecular weight is 320 g/mol. The number of anilines is 1. The first kappa shape index (κ1) is 14.6. The smallest absolute Gasteiger partial charge is 0.263 e. The second-order valence-electron chi connectivity index (χ2n) is 4.99. The molecule has 2 aliphatic heterocycles. The van der Waals surface area contributed by atoms with Gasteiger partial charge in [0.25, 0.3) is 5.91 Å². The number of benzene rings is 1. The molecule has 0 radical (unpaired) electrons. The molecule has 0 unspecified atom stereocenters. The molecule has 1 aromatic rings. The van der Waals surface area contributed by atoms with Gasteiger partial charge >= 0.3 is 0 Å². The van der Waals surface area contributed by atoms with E-state index in [0.717, 1.165) is 37.4 Å². The molecule has 1 aromatic carbocycles. The van der Waals surface area contributed by atoms with Crippen molar-refractivity contribution in [3.63, 3.8) is 0 Å². The van der Waals surface area contributed by atoms with Crippen LogP contribution >= 0.6 is 24.0 Å². The van der Waals surface area contributed by atoms with Crippen molar-refractivity contribution in [3.8, 4) is 0 Å². The molecule has 2 aliphatic rings. The van der Waals surface area contributed by atoms with Crippen molar-refractivity contribution in [3.05, 3.63) is 34.2 Å². The monoisotopic (exact) mass is 320 g/mol. The maximum absolute atomic E-state index is 11.7. The van der Waals surface area contributed by atoms with E-state index in [2.05, 4.69) is 35.3 Å². The summed E-state index contributed by atoms with van der Waals surface area (Å²) in [5.41, 5.74) is 3.41. The van der Waals surface area contributed by atoms with Gasteiger partial charge in [-0.15, -0.1) is 0 Å². The summed E-state index contributed by atoms with van der Waals surface area (Å²) in [4.78, 5) is 14.7. The highest BCUT2D eigenvalue weighted by molar-refractivity contribution is 8.26. The van der Waals surface area contributed by atoms with Crippen LogP contribution in [0.15, 0.2) is 23.1 Å². The molecular weight excluding hydrogens is 304 g/mol. The number of aryl methyl sites for hydroxylation is 1. The van der Waals surface area contributed by atoms with E-state index in [-0.39, 0.29) is 5.91 Å². The summed E-state index contributed by atoms with van der Waals surface area (Å²) in [6.45, 7) is 5.46. The minimum Gasteiger partial charge on any atom is -0.378 e. The Bertz CT molecular complexity index is 622. The number of hydrogen-bond donors (Lipinski definition) is 1. The lowest BCUT2D eigenvalue weighted by Crippen LogP contribution is -2.36. The number of nitrogens with one attached hydrogen (secondary N) is 1. The van der Waals surface area contributed by atoms with E-state index in [1.54, 1.807) is 0 Å². The van der Waals surface area contributed by atoms with E-state index in [0.29, 0.717) is 9.23 Å². The van der Waals surface area contributed by atoms with Crippen LogP contribution in [-0.4, -0.2) is 36.5 Å². The van der Waals surface area contributed by atoms with Crippen LogP contribution in [0.25, 0.3) is 6.08 Å². The van der Waals surface area contributed by atoms with Crippen molar-refractivity contribution in [2.24, 2.45) is 0 Å². The molecule has 0 spiro atoms. The highest BCUT2D eigenvalue weighted by atomic mass is 32.2. The van der Waals surface area contributed by atoms with Crippen LogP contribution in [0.5, 0.6) is 0 Å². The summed E-state index contributed by atoms with van der Waals surface area (Å²) >= 11 is 6.31. The van der Waals surface area contributed by atoms with Crippen LogP contribution in [-0.2, 0) is 9.53 Å². The number of morpholine rings is 1. The highest BCUT2D eigenvalue weighted by Crippen LogP contribution is 2.28. The molecule has 2 saturated heterocycles. The molecule has 2 heterocycles. The normalized spacial score (nSPS) is 21.0. The fourth-order valence-electron chi connectivity index (χ4n) is 2.40. The Morgan fingerprint density at radius 2 is 2.14 bits per heavy atom. The van der Waals surface area contributed by atoms with Crippen LogP contribution in [0.2, 0.25) is 0 Å². The molecule has 0 aromatic heterocycles. The maximum atomic E-state index is 11.7. The SMILES string of the molecule is Cc1cc(N2CCOCC2)ccc1/C=C1\SC(=S)NC1=O. The van der Waals surface area contributed by atoms with Crippen molar-refractivity contribution < 1.29 is 9.53 Å². The highest BCUT2D eigenvalue weighted by Gasteiger charge is 2.22. The second kappa shape index (κ2) is 6.17. The number of rotatable bonds is 2. The third kappa shape index (κ3) is 3.28. The van der Waals surface area contributed by atoms with Gasteiger partial charge < -0.3 is 15.0 Å². The molecule has 0 atom stereocenters. The number of ether oxygens (including phenoxy) is 1. The quantitative estimate of drug-likeness (QED) is 0.669. The van der Waals surface area contributed by atoms with Gasteiger partial charge in [-0.1, -0.05) is 30.0 Å². The zero-order valence-corrected chi connectivity index (χ0v) is 13.4. The molecule has 110 valence electrons.